The second-order valence-corrected chi connectivity index (χ2v) is 5.44. The van der Waals surface area contributed by atoms with Crippen molar-refractivity contribution >= 4 is 5.97 Å². The summed E-state index contributed by atoms with van der Waals surface area (Å²) in [5, 5.41) is 3.24. The third kappa shape index (κ3) is 5.36. The molecule has 1 N–H and O–H groups in total. The number of ether oxygens (including phenoxy) is 1. The van der Waals surface area contributed by atoms with Crippen LogP contribution >= 0.6 is 0 Å². The number of likely N-dealkylation sites (N-methyl/N-ethyl adjacent to an activating group) is 1. The van der Waals surface area contributed by atoms with Crippen molar-refractivity contribution in [2.24, 2.45) is 5.92 Å². The number of nitrogens with zero attached hydrogens (tertiary/aromatic N) is 1. The van der Waals surface area contributed by atoms with Gasteiger partial charge in [-0.05, 0) is 32.2 Å². The molecule has 0 spiro atoms. The van der Waals surface area contributed by atoms with Crippen LogP contribution in [0.3, 0.4) is 0 Å². The van der Waals surface area contributed by atoms with Crippen molar-refractivity contribution in [3.8, 4) is 0 Å². The number of rotatable bonds is 9. The first kappa shape index (κ1) is 15.4. The first-order valence-electron chi connectivity index (χ1n) is 7.22. The van der Waals surface area contributed by atoms with Crippen LogP contribution in [0.25, 0.3) is 0 Å². The zero-order chi connectivity index (χ0) is 13.5. The summed E-state index contributed by atoms with van der Waals surface area (Å²) in [6.07, 6.45) is 2.54. The summed E-state index contributed by atoms with van der Waals surface area (Å²) in [6, 6.07) is 0.497. The van der Waals surface area contributed by atoms with Gasteiger partial charge in [-0.1, -0.05) is 20.8 Å². The number of nitrogens with one attached hydrogen (secondary N) is 1. The number of hydrogen-bond acceptors (Lipinski definition) is 4. The average molecular weight is 256 g/mol. The smallest absolute Gasteiger partial charge is 0.324 e. The van der Waals surface area contributed by atoms with Gasteiger partial charge in [-0.2, -0.15) is 0 Å². The topological polar surface area (TPSA) is 41.6 Å². The van der Waals surface area contributed by atoms with Gasteiger partial charge in [-0.25, -0.2) is 0 Å². The SMILES string of the molecule is CCNC(CN(CC(C)C)C1CC1)C(=O)OCC. The Kier molecular flexibility index (Phi) is 6.65. The molecule has 1 unspecified atom stereocenters. The Balaban J connectivity index is 2.52. The summed E-state index contributed by atoms with van der Waals surface area (Å²) < 4.78 is 5.13. The maximum atomic E-state index is 11.9. The minimum Gasteiger partial charge on any atom is -0.465 e. The quantitative estimate of drug-likeness (QED) is 0.637. The van der Waals surface area contributed by atoms with Gasteiger partial charge in [-0.3, -0.25) is 9.69 Å². The van der Waals surface area contributed by atoms with Crippen molar-refractivity contribution in [3.63, 3.8) is 0 Å². The van der Waals surface area contributed by atoms with E-state index in [9.17, 15) is 4.79 Å². The van der Waals surface area contributed by atoms with Gasteiger partial charge in [-0.15, -0.1) is 0 Å². The molecule has 0 bridgehead atoms. The molecule has 0 aromatic heterocycles. The largest absolute Gasteiger partial charge is 0.465 e. The molecule has 1 aliphatic rings. The lowest BCUT2D eigenvalue weighted by atomic mass is 10.1. The highest BCUT2D eigenvalue weighted by Gasteiger charge is 2.32. The summed E-state index contributed by atoms with van der Waals surface area (Å²) in [6.45, 7) is 11.4. The monoisotopic (exact) mass is 256 g/mol. The Hall–Kier alpha value is -0.610. The van der Waals surface area contributed by atoms with Crippen LogP contribution in [0.5, 0.6) is 0 Å². The van der Waals surface area contributed by atoms with E-state index in [2.05, 4.69) is 24.1 Å². The lowest BCUT2D eigenvalue weighted by Crippen LogP contribution is -2.48. The van der Waals surface area contributed by atoms with Crippen molar-refractivity contribution in [3.05, 3.63) is 0 Å². The van der Waals surface area contributed by atoms with E-state index < -0.39 is 0 Å². The molecule has 0 heterocycles. The van der Waals surface area contributed by atoms with Crippen molar-refractivity contribution < 1.29 is 9.53 Å². The van der Waals surface area contributed by atoms with Crippen molar-refractivity contribution in [2.75, 3.05) is 26.2 Å². The average Bonchev–Trinajstić information content (AvgIpc) is 3.10. The zero-order valence-electron chi connectivity index (χ0n) is 12.2. The zero-order valence-corrected chi connectivity index (χ0v) is 12.2. The fourth-order valence-electron chi connectivity index (χ4n) is 2.23. The van der Waals surface area contributed by atoms with E-state index in [-0.39, 0.29) is 12.0 Å². The Morgan fingerprint density at radius 2 is 2.00 bits per heavy atom. The van der Waals surface area contributed by atoms with Crippen LogP contribution in [0, 0.1) is 5.92 Å². The molecule has 1 aliphatic carbocycles. The van der Waals surface area contributed by atoms with Gasteiger partial charge in [0.25, 0.3) is 0 Å². The van der Waals surface area contributed by atoms with E-state index in [0.717, 1.165) is 19.6 Å². The highest BCUT2D eigenvalue weighted by Crippen LogP contribution is 2.27. The molecule has 0 aromatic rings. The highest BCUT2D eigenvalue weighted by molar-refractivity contribution is 5.76. The summed E-state index contributed by atoms with van der Waals surface area (Å²) >= 11 is 0. The third-order valence-corrected chi connectivity index (χ3v) is 3.10. The van der Waals surface area contributed by atoms with Crippen LogP contribution in [0.2, 0.25) is 0 Å². The second kappa shape index (κ2) is 7.74. The fourth-order valence-corrected chi connectivity index (χ4v) is 2.23. The van der Waals surface area contributed by atoms with Gasteiger partial charge < -0.3 is 10.1 Å². The molecule has 1 saturated carbocycles. The molecule has 0 amide bonds. The fraction of sp³-hybridized carbons (Fsp3) is 0.929. The maximum Gasteiger partial charge on any atom is 0.324 e. The normalized spacial score (nSPS) is 17.2. The first-order chi connectivity index (χ1) is 8.58. The van der Waals surface area contributed by atoms with E-state index in [4.69, 9.17) is 4.74 Å². The van der Waals surface area contributed by atoms with Gasteiger partial charge in [0.2, 0.25) is 0 Å². The number of esters is 1. The van der Waals surface area contributed by atoms with Crippen molar-refractivity contribution in [1.82, 2.24) is 10.2 Å². The van der Waals surface area contributed by atoms with E-state index in [1.807, 2.05) is 13.8 Å². The van der Waals surface area contributed by atoms with Gasteiger partial charge in [0, 0.05) is 19.1 Å². The maximum absolute atomic E-state index is 11.9. The molecule has 0 aromatic carbocycles. The Labute approximate surface area is 111 Å². The van der Waals surface area contributed by atoms with Crippen LogP contribution in [0.15, 0.2) is 0 Å². The van der Waals surface area contributed by atoms with Gasteiger partial charge in [0.1, 0.15) is 6.04 Å². The van der Waals surface area contributed by atoms with Crippen LogP contribution in [-0.2, 0) is 9.53 Å². The van der Waals surface area contributed by atoms with Gasteiger partial charge >= 0.3 is 5.97 Å². The predicted octanol–water partition coefficient (Wildman–Crippen LogP) is 1.65. The summed E-state index contributed by atoms with van der Waals surface area (Å²) in [5.74, 6) is 0.517. The van der Waals surface area contributed by atoms with Gasteiger partial charge in [0.05, 0.1) is 6.61 Å². The molecule has 4 heteroatoms. The first-order valence-corrected chi connectivity index (χ1v) is 7.22. The van der Waals surface area contributed by atoms with Crippen LogP contribution in [-0.4, -0.2) is 49.2 Å². The molecule has 18 heavy (non-hydrogen) atoms. The minimum absolute atomic E-state index is 0.117. The second-order valence-electron chi connectivity index (χ2n) is 5.44. The molecular formula is C14H28N2O2. The molecule has 0 saturated heterocycles. The third-order valence-electron chi connectivity index (χ3n) is 3.10. The number of carbonyl (C=O) groups excluding carboxylic acids is 1. The van der Waals surface area contributed by atoms with E-state index in [1.165, 1.54) is 12.8 Å². The lowest BCUT2D eigenvalue weighted by molar-refractivity contribution is -0.146. The Morgan fingerprint density at radius 3 is 2.44 bits per heavy atom. The highest BCUT2D eigenvalue weighted by atomic mass is 16.5. The lowest BCUT2D eigenvalue weighted by Gasteiger charge is -2.28. The minimum atomic E-state index is -0.186. The van der Waals surface area contributed by atoms with E-state index in [0.29, 0.717) is 18.6 Å². The molecular weight excluding hydrogens is 228 g/mol. The van der Waals surface area contributed by atoms with Crippen LogP contribution in [0.1, 0.15) is 40.5 Å². The van der Waals surface area contributed by atoms with E-state index in [1.54, 1.807) is 0 Å². The molecule has 0 aliphatic heterocycles. The predicted molar refractivity (Wildman–Crippen MR) is 73.5 cm³/mol. The standard InChI is InChI=1S/C14H28N2O2/c1-5-15-13(14(17)18-6-2)10-16(9-11(3)4)12-7-8-12/h11-13,15H,5-10H2,1-4H3. The molecule has 4 nitrogen and oxygen atoms in total. The van der Waals surface area contributed by atoms with E-state index >= 15 is 0 Å². The van der Waals surface area contributed by atoms with Gasteiger partial charge in [0.15, 0.2) is 0 Å². The molecule has 106 valence electrons. The van der Waals surface area contributed by atoms with Crippen molar-refractivity contribution in [2.45, 2.75) is 52.6 Å². The summed E-state index contributed by atoms with van der Waals surface area (Å²) in [5.41, 5.74) is 0. The van der Waals surface area contributed by atoms with Crippen LogP contribution in [0.4, 0.5) is 0 Å². The Morgan fingerprint density at radius 1 is 1.33 bits per heavy atom. The Bertz CT molecular complexity index is 252. The number of carbonyl (C=O) groups is 1. The van der Waals surface area contributed by atoms with Crippen LogP contribution < -0.4 is 5.32 Å². The van der Waals surface area contributed by atoms with Crippen molar-refractivity contribution in [1.29, 1.82) is 0 Å². The molecule has 1 rings (SSSR count). The molecule has 0 radical (unpaired) electrons. The number of hydrogen-bond donors (Lipinski definition) is 1. The molecule has 1 atom stereocenters. The summed E-state index contributed by atoms with van der Waals surface area (Å²) in [7, 11) is 0. The molecule has 1 fully saturated rings. The summed E-state index contributed by atoms with van der Waals surface area (Å²) in [4.78, 5) is 14.3.